The lowest BCUT2D eigenvalue weighted by Gasteiger charge is -2.17. The van der Waals surface area contributed by atoms with E-state index in [4.69, 9.17) is 11.6 Å². The molecule has 0 heterocycles. The molecule has 0 bridgehead atoms. The predicted molar refractivity (Wildman–Crippen MR) is 70.5 cm³/mol. The number of hydrogen-bond acceptors (Lipinski definition) is 1. The number of benzene rings is 1. The van der Waals surface area contributed by atoms with Crippen molar-refractivity contribution in [2.75, 3.05) is 7.05 Å². The highest BCUT2D eigenvalue weighted by molar-refractivity contribution is 9.10. The maximum atomic E-state index is 6.21. The molecule has 0 saturated heterocycles. The van der Waals surface area contributed by atoms with E-state index in [1.807, 2.05) is 19.2 Å². The largest absolute Gasteiger partial charge is 0.313 e. The molecule has 0 amide bonds. The number of nitrogens with one attached hydrogen (secondary N) is 1. The van der Waals surface area contributed by atoms with Crippen LogP contribution in [-0.4, -0.2) is 7.05 Å². The Morgan fingerprint density at radius 2 is 2.20 bits per heavy atom. The highest BCUT2D eigenvalue weighted by atomic mass is 79.9. The molecule has 1 atom stereocenters. The van der Waals surface area contributed by atoms with Crippen LogP contribution in [0.2, 0.25) is 5.02 Å². The highest BCUT2D eigenvalue weighted by Crippen LogP contribution is 2.28. The fourth-order valence-electron chi connectivity index (χ4n) is 1.65. The van der Waals surface area contributed by atoms with Gasteiger partial charge in [-0.05, 0) is 31.2 Å². The summed E-state index contributed by atoms with van der Waals surface area (Å²) >= 11 is 9.63. The van der Waals surface area contributed by atoms with Gasteiger partial charge in [-0.3, -0.25) is 0 Å². The molecule has 1 aromatic rings. The zero-order valence-corrected chi connectivity index (χ0v) is 11.5. The molecule has 0 saturated carbocycles. The number of hydrogen-bond donors (Lipinski definition) is 1. The molecule has 0 aliphatic heterocycles. The van der Waals surface area contributed by atoms with E-state index in [2.05, 4.69) is 34.2 Å². The highest BCUT2D eigenvalue weighted by Gasteiger charge is 2.12. The molecule has 0 spiro atoms. The van der Waals surface area contributed by atoms with E-state index in [9.17, 15) is 0 Å². The van der Waals surface area contributed by atoms with Gasteiger partial charge in [0, 0.05) is 15.5 Å². The molecule has 1 nitrogen and oxygen atoms in total. The minimum Gasteiger partial charge on any atom is -0.313 e. The van der Waals surface area contributed by atoms with Crippen LogP contribution in [0.4, 0.5) is 0 Å². The first-order valence-corrected chi connectivity index (χ1v) is 6.48. The average molecular weight is 291 g/mol. The topological polar surface area (TPSA) is 12.0 Å². The summed E-state index contributed by atoms with van der Waals surface area (Å²) in [6, 6.07) is 6.44. The Labute approximate surface area is 105 Å². The normalized spacial score (nSPS) is 12.8. The van der Waals surface area contributed by atoms with Crippen molar-refractivity contribution >= 4 is 27.5 Å². The first kappa shape index (κ1) is 13.0. The summed E-state index contributed by atoms with van der Waals surface area (Å²) in [5, 5.41) is 4.15. The van der Waals surface area contributed by atoms with Gasteiger partial charge in [0.05, 0.1) is 0 Å². The Hall–Kier alpha value is -0.0500. The summed E-state index contributed by atoms with van der Waals surface area (Å²) in [4.78, 5) is 0. The van der Waals surface area contributed by atoms with Crippen LogP contribution in [0.25, 0.3) is 0 Å². The second-order valence-corrected chi connectivity index (χ2v) is 4.97. The quantitative estimate of drug-likeness (QED) is 0.838. The fourth-order valence-corrected chi connectivity index (χ4v) is 2.45. The molecule has 15 heavy (non-hydrogen) atoms. The van der Waals surface area contributed by atoms with Crippen LogP contribution in [0, 0.1) is 0 Å². The van der Waals surface area contributed by atoms with Gasteiger partial charge in [0.1, 0.15) is 0 Å². The molecule has 1 rings (SSSR count). The lowest BCUT2D eigenvalue weighted by molar-refractivity contribution is 0.523. The number of unbranched alkanes of at least 4 members (excludes halogenated alkanes) is 1. The minimum absolute atomic E-state index is 0.366. The van der Waals surface area contributed by atoms with Crippen molar-refractivity contribution in [3.8, 4) is 0 Å². The third kappa shape index (κ3) is 3.78. The van der Waals surface area contributed by atoms with Crippen molar-refractivity contribution in [2.45, 2.75) is 32.2 Å². The molecule has 0 aliphatic carbocycles. The molecule has 0 fully saturated rings. The molecule has 1 N–H and O–H groups in total. The minimum atomic E-state index is 0.366. The standard InChI is InChI=1S/C12H17BrClN/c1-3-4-5-12(15-2)10-7-6-9(13)8-11(10)14/h6-8,12,15H,3-5H2,1-2H3. The third-order valence-corrected chi connectivity index (χ3v) is 3.35. The first-order valence-electron chi connectivity index (χ1n) is 5.31. The molecule has 0 radical (unpaired) electrons. The van der Waals surface area contributed by atoms with Crippen molar-refractivity contribution < 1.29 is 0 Å². The van der Waals surface area contributed by atoms with Crippen molar-refractivity contribution in [3.63, 3.8) is 0 Å². The van der Waals surface area contributed by atoms with Crippen LogP contribution in [0.1, 0.15) is 37.8 Å². The Bertz CT molecular complexity index is 314. The van der Waals surface area contributed by atoms with Crippen LogP contribution < -0.4 is 5.32 Å². The van der Waals surface area contributed by atoms with Gasteiger partial charge in [0.25, 0.3) is 0 Å². The van der Waals surface area contributed by atoms with Crippen LogP contribution in [0.5, 0.6) is 0 Å². The van der Waals surface area contributed by atoms with E-state index in [1.54, 1.807) is 0 Å². The zero-order valence-electron chi connectivity index (χ0n) is 9.19. The number of halogens is 2. The summed E-state index contributed by atoms with van der Waals surface area (Å²) < 4.78 is 1.03. The van der Waals surface area contributed by atoms with Crippen molar-refractivity contribution in [1.29, 1.82) is 0 Å². The molecular formula is C12H17BrClN. The van der Waals surface area contributed by atoms with Gasteiger partial charge >= 0.3 is 0 Å². The van der Waals surface area contributed by atoms with Crippen molar-refractivity contribution in [2.24, 2.45) is 0 Å². The van der Waals surface area contributed by atoms with Crippen LogP contribution in [0.15, 0.2) is 22.7 Å². The molecule has 0 aliphatic rings. The molecule has 84 valence electrons. The van der Waals surface area contributed by atoms with E-state index in [1.165, 1.54) is 18.4 Å². The fraction of sp³-hybridized carbons (Fsp3) is 0.500. The van der Waals surface area contributed by atoms with Gasteiger partial charge in [-0.15, -0.1) is 0 Å². The van der Waals surface area contributed by atoms with E-state index in [0.717, 1.165) is 15.9 Å². The number of rotatable bonds is 5. The summed E-state index contributed by atoms with van der Waals surface area (Å²) in [6.07, 6.45) is 3.57. The Balaban J connectivity index is 2.81. The first-order chi connectivity index (χ1) is 7.19. The molecule has 0 aromatic heterocycles. The second kappa shape index (κ2) is 6.51. The third-order valence-electron chi connectivity index (χ3n) is 2.53. The van der Waals surface area contributed by atoms with E-state index in [-0.39, 0.29) is 0 Å². The maximum Gasteiger partial charge on any atom is 0.0465 e. The Morgan fingerprint density at radius 3 is 2.73 bits per heavy atom. The summed E-state index contributed by atoms with van der Waals surface area (Å²) in [5.74, 6) is 0. The summed E-state index contributed by atoms with van der Waals surface area (Å²) in [5.41, 5.74) is 1.19. The van der Waals surface area contributed by atoms with Gasteiger partial charge in [-0.2, -0.15) is 0 Å². The Kier molecular flexibility index (Phi) is 5.65. The van der Waals surface area contributed by atoms with Gasteiger partial charge in [0.15, 0.2) is 0 Å². The SMILES string of the molecule is CCCCC(NC)c1ccc(Br)cc1Cl. The van der Waals surface area contributed by atoms with Crippen LogP contribution in [0.3, 0.4) is 0 Å². The summed E-state index contributed by atoms with van der Waals surface area (Å²) in [7, 11) is 1.98. The van der Waals surface area contributed by atoms with Crippen molar-refractivity contribution in [1.82, 2.24) is 5.32 Å². The second-order valence-electron chi connectivity index (χ2n) is 3.65. The molecule has 1 aromatic carbocycles. The predicted octanol–water partition coefficient (Wildman–Crippen LogP) is 4.55. The van der Waals surface area contributed by atoms with Gasteiger partial charge in [-0.25, -0.2) is 0 Å². The van der Waals surface area contributed by atoms with E-state index < -0.39 is 0 Å². The Morgan fingerprint density at radius 1 is 1.47 bits per heavy atom. The van der Waals surface area contributed by atoms with Crippen LogP contribution >= 0.6 is 27.5 Å². The smallest absolute Gasteiger partial charge is 0.0465 e. The molecular weight excluding hydrogens is 273 g/mol. The van der Waals surface area contributed by atoms with Crippen LogP contribution in [-0.2, 0) is 0 Å². The zero-order chi connectivity index (χ0) is 11.3. The van der Waals surface area contributed by atoms with E-state index in [0.29, 0.717) is 6.04 Å². The van der Waals surface area contributed by atoms with Gasteiger partial charge < -0.3 is 5.32 Å². The van der Waals surface area contributed by atoms with E-state index >= 15 is 0 Å². The lowest BCUT2D eigenvalue weighted by Crippen LogP contribution is -2.16. The maximum absolute atomic E-state index is 6.21. The monoisotopic (exact) mass is 289 g/mol. The lowest BCUT2D eigenvalue weighted by atomic mass is 10.0. The van der Waals surface area contributed by atoms with Gasteiger partial charge in [0.2, 0.25) is 0 Å². The molecule has 3 heteroatoms. The van der Waals surface area contributed by atoms with Crippen molar-refractivity contribution in [3.05, 3.63) is 33.3 Å². The average Bonchev–Trinajstić information content (AvgIpc) is 2.21. The summed E-state index contributed by atoms with van der Waals surface area (Å²) in [6.45, 7) is 2.20. The van der Waals surface area contributed by atoms with Gasteiger partial charge in [-0.1, -0.05) is 53.4 Å². The molecule has 1 unspecified atom stereocenters.